The Labute approximate surface area is 347 Å². The van der Waals surface area contributed by atoms with Crippen molar-refractivity contribution in [1.29, 1.82) is 0 Å². The lowest BCUT2D eigenvalue weighted by atomic mass is 10.0. The second kappa shape index (κ2) is 45.6. The highest BCUT2D eigenvalue weighted by Gasteiger charge is 2.19. The van der Waals surface area contributed by atoms with E-state index < -0.39 is 6.10 Å². The Bertz CT molecular complexity index is 911. The number of allylic oxidation sites excluding steroid dienone is 4. The smallest absolute Gasteiger partial charge is 0.306 e. The predicted molar refractivity (Wildman–Crippen MR) is 238 cm³/mol. The van der Waals surface area contributed by atoms with Gasteiger partial charge in [0, 0.05) is 19.3 Å². The maximum atomic E-state index is 12.7. The van der Waals surface area contributed by atoms with E-state index in [0.29, 0.717) is 19.3 Å². The third-order valence-corrected chi connectivity index (χ3v) is 10.7. The zero-order valence-electron chi connectivity index (χ0n) is 37.4. The van der Waals surface area contributed by atoms with Crippen LogP contribution in [0.15, 0.2) is 24.3 Å². The second-order valence-electron chi connectivity index (χ2n) is 16.4. The summed E-state index contributed by atoms with van der Waals surface area (Å²) >= 11 is 0. The van der Waals surface area contributed by atoms with Crippen molar-refractivity contribution in [3.05, 3.63) is 24.3 Å². The van der Waals surface area contributed by atoms with Gasteiger partial charge in [-0.2, -0.15) is 0 Å². The van der Waals surface area contributed by atoms with Crippen molar-refractivity contribution in [2.75, 3.05) is 13.2 Å². The van der Waals surface area contributed by atoms with E-state index in [1.165, 1.54) is 128 Å². The summed E-state index contributed by atoms with van der Waals surface area (Å²) in [6, 6.07) is 0. The van der Waals surface area contributed by atoms with Crippen molar-refractivity contribution in [1.82, 2.24) is 0 Å². The van der Waals surface area contributed by atoms with E-state index in [1.54, 1.807) is 0 Å². The van der Waals surface area contributed by atoms with E-state index in [2.05, 4.69) is 45.1 Å². The average Bonchev–Trinajstić information content (AvgIpc) is 3.19. The van der Waals surface area contributed by atoms with Crippen molar-refractivity contribution < 1.29 is 28.6 Å². The molecule has 0 radical (unpaired) electrons. The van der Waals surface area contributed by atoms with Crippen LogP contribution in [-0.2, 0) is 28.6 Å². The van der Waals surface area contributed by atoms with E-state index in [0.717, 1.165) is 89.9 Å². The SMILES string of the molecule is CCCC/C=C\CCCCCCC(=O)OCC(COC(=O)CCCCC/C=C\CCCCCCCCC)OC(=O)CCCCCCCCCCCCCCCC. The van der Waals surface area contributed by atoms with Crippen LogP contribution in [0.1, 0.15) is 258 Å². The second-order valence-corrected chi connectivity index (χ2v) is 16.4. The lowest BCUT2D eigenvalue weighted by Gasteiger charge is -2.18. The third-order valence-electron chi connectivity index (χ3n) is 10.7. The molecule has 0 rings (SSSR count). The molecule has 0 aliphatic heterocycles. The van der Waals surface area contributed by atoms with E-state index in [9.17, 15) is 14.4 Å². The van der Waals surface area contributed by atoms with Gasteiger partial charge in [0.2, 0.25) is 0 Å². The lowest BCUT2D eigenvalue weighted by molar-refractivity contribution is -0.167. The monoisotopic (exact) mass is 789 g/mol. The van der Waals surface area contributed by atoms with E-state index in [1.807, 2.05) is 0 Å². The molecular formula is C50H92O6. The van der Waals surface area contributed by atoms with Gasteiger partial charge in [-0.3, -0.25) is 14.4 Å². The Morgan fingerprint density at radius 2 is 0.607 bits per heavy atom. The molecule has 0 aromatic heterocycles. The van der Waals surface area contributed by atoms with Crippen LogP contribution in [-0.4, -0.2) is 37.2 Å². The highest BCUT2D eigenvalue weighted by Crippen LogP contribution is 2.15. The number of hydrogen-bond acceptors (Lipinski definition) is 6. The van der Waals surface area contributed by atoms with Crippen LogP contribution in [0.25, 0.3) is 0 Å². The van der Waals surface area contributed by atoms with Gasteiger partial charge in [-0.25, -0.2) is 0 Å². The predicted octanol–water partition coefficient (Wildman–Crippen LogP) is 15.6. The molecule has 6 heteroatoms. The first-order chi connectivity index (χ1) is 27.5. The van der Waals surface area contributed by atoms with Gasteiger partial charge in [-0.1, -0.05) is 199 Å². The van der Waals surface area contributed by atoms with Gasteiger partial charge in [0.1, 0.15) is 13.2 Å². The van der Waals surface area contributed by atoms with Crippen molar-refractivity contribution in [2.45, 2.75) is 264 Å². The maximum Gasteiger partial charge on any atom is 0.306 e. The fourth-order valence-electron chi connectivity index (χ4n) is 6.95. The fraction of sp³-hybridized carbons (Fsp3) is 0.860. The molecule has 6 nitrogen and oxygen atoms in total. The number of esters is 3. The molecule has 0 saturated heterocycles. The van der Waals surface area contributed by atoms with Crippen molar-refractivity contribution in [3.63, 3.8) is 0 Å². The number of hydrogen-bond donors (Lipinski definition) is 0. The number of rotatable bonds is 44. The first kappa shape index (κ1) is 53.9. The molecule has 0 aliphatic carbocycles. The molecule has 1 unspecified atom stereocenters. The van der Waals surface area contributed by atoms with Gasteiger partial charge >= 0.3 is 17.9 Å². The fourth-order valence-corrected chi connectivity index (χ4v) is 6.95. The number of carbonyl (C=O) groups excluding carboxylic acids is 3. The van der Waals surface area contributed by atoms with Gasteiger partial charge in [0.25, 0.3) is 0 Å². The summed E-state index contributed by atoms with van der Waals surface area (Å²) in [5.41, 5.74) is 0. The minimum Gasteiger partial charge on any atom is -0.462 e. The van der Waals surface area contributed by atoms with Gasteiger partial charge in [0.15, 0.2) is 6.10 Å². The zero-order chi connectivity index (χ0) is 40.8. The summed E-state index contributed by atoms with van der Waals surface area (Å²) in [4.78, 5) is 37.8. The lowest BCUT2D eigenvalue weighted by Crippen LogP contribution is -2.30. The summed E-state index contributed by atoms with van der Waals surface area (Å²) in [5.74, 6) is -0.899. The van der Waals surface area contributed by atoms with E-state index in [4.69, 9.17) is 14.2 Å². The third kappa shape index (κ3) is 43.0. The van der Waals surface area contributed by atoms with Crippen LogP contribution in [0.2, 0.25) is 0 Å². The van der Waals surface area contributed by atoms with Crippen molar-refractivity contribution in [2.24, 2.45) is 0 Å². The van der Waals surface area contributed by atoms with Crippen LogP contribution >= 0.6 is 0 Å². The molecule has 0 N–H and O–H groups in total. The van der Waals surface area contributed by atoms with Gasteiger partial charge in [-0.05, 0) is 64.2 Å². The number of ether oxygens (including phenoxy) is 3. The molecule has 0 heterocycles. The van der Waals surface area contributed by atoms with Crippen LogP contribution in [0, 0.1) is 0 Å². The minimum absolute atomic E-state index is 0.0790. The molecular weight excluding hydrogens is 697 g/mol. The number of carbonyl (C=O) groups is 3. The maximum absolute atomic E-state index is 12.7. The topological polar surface area (TPSA) is 78.9 Å². The molecule has 0 aliphatic rings. The Kier molecular flexibility index (Phi) is 43.9. The van der Waals surface area contributed by atoms with E-state index in [-0.39, 0.29) is 31.1 Å². The molecule has 0 fully saturated rings. The van der Waals surface area contributed by atoms with Crippen LogP contribution in [0.5, 0.6) is 0 Å². The van der Waals surface area contributed by atoms with Crippen LogP contribution in [0.4, 0.5) is 0 Å². The molecule has 0 bridgehead atoms. The Hall–Kier alpha value is -2.11. The summed E-state index contributed by atoms with van der Waals surface area (Å²) in [7, 11) is 0. The largest absolute Gasteiger partial charge is 0.462 e. The summed E-state index contributed by atoms with van der Waals surface area (Å²) in [6.45, 7) is 6.58. The van der Waals surface area contributed by atoms with Crippen molar-refractivity contribution in [3.8, 4) is 0 Å². The van der Waals surface area contributed by atoms with Gasteiger partial charge in [-0.15, -0.1) is 0 Å². The average molecular weight is 789 g/mol. The highest BCUT2D eigenvalue weighted by atomic mass is 16.6. The highest BCUT2D eigenvalue weighted by molar-refractivity contribution is 5.71. The van der Waals surface area contributed by atoms with Crippen molar-refractivity contribution >= 4 is 17.9 Å². The van der Waals surface area contributed by atoms with Gasteiger partial charge < -0.3 is 14.2 Å². The summed E-state index contributed by atoms with van der Waals surface area (Å²) in [5, 5.41) is 0. The molecule has 0 amide bonds. The van der Waals surface area contributed by atoms with E-state index >= 15 is 0 Å². The Balaban J connectivity index is 4.36. The Morgan fingerprint density at radius 3 is 0.964 bits per heavy atom. The minimum atomic E-state index is -0.775. The Morgan fingerprint density at radius 1 is 0.339 bits per heavy atom. The normalized spacial score (nSPS) is 12.1. The quantitative estimate of drug-likeness (QED) is 0.0265. The molecule has 0 spiro atoms. The number of unbranched alkanes of at least 4 members (excludes halogenated alkanes) is 29. The zero-order valence-corrected chi connectivity index (χ0v) is 37.4. The summed E-state index contributed by atoms with van der Waals surface area (Å²) in [6.07, 6.45) is 50.2. The van der Waals surface area contributed by atoms with Crippen LogP contribution in [0.3, 0.4) is 0 Å². The molecule has 1 atom stereocenters. The van der Waals surface area contributed by atoms with Crippen LogP contribution < -0.4 is 0 Å². The first-order valence-electron chi connectivity index (χ1n) is 24.3. The van der Waals surface area contributed by atoms with Gasteiger partial charge in [0.05, 0.1) is 0 Å². The molecule has 56 heavy (non-hydrogen) atoms. The summed E-state index contributed by atoms with van der Waals surface area (Å²) < 4.78 is 16.7. The first-order valence-corrected chi connectivity index (χ1v) is 24.3. The molecule has 328 valence electrons. The molecule has 0 aromatic carbocycles. The molecule has 0 saturated carbocycles. The standard InChI is InChI=1S/C50H92O6/c1-4-7-10-13-16-19-22-24-26-28-31-34-37-40-43-49(52)55-46-47(45-54-48(51)42-39-36-33-30-21-18-15-12-9-6-3)56-50(53)44-41-38-35-32-29-27-25-23-20-17-14-11-8-5-2/h15,18,26,28,47H,4-14,16-17,19-25,27,29-46H2,1-3H3/b18-15-,28-26-. The molecule has 0 aromatic rings.